The number of halogens is 5. The first kappa shape index (κ1) is 21.2. The van der Waals surface area contributed by atoms with Crippen LogP contribution in [0.5, 0.6) is 0 Å². The number of rotatable bonds is 3. The Kier molecular flexibility index (Phi) is 5.58. The minimum atomic E-state index is -4.52. The third-order valence-corrected chi connectivity index (χ3v) is 7.06. The first-order chi connectivity index (χ1) is 14.2. The molecule has 1 aromatic carbocycles. The lowest BCUT2D eigenvalue weighted by molar-refractivity contribution is -0.173. The summed E-state index contributed by atoms with van der Waals surface area (Å²) in [7, 11) is 0. The lowest BCUT2D eigenvalue weighted by atomic mass is 10.0. The Morgan fingerprint density at radius 2 is 2.13 bits per heavy atom. The molecule has 3 heterocycles. The van der Waals surface area contributed by atoms with Crippen molar-refractivity contribution in [1.82, 2.24) is 9.78 Å². The molecule has 2 atom stereocenters. The Balaban J connectivity index is 1.71. The largest absolute Gasteiger partial charge is 0.410 e. The van der Waals surface area contributed by atoms with Crippen molar-refractivity contribution < 1.29 is 18.0 Å². The van der Waals surface area contributed by atoms with Gasteiger partial charge in [-0.05, 0) is 52.0 Å². The van der Waals surface area contributed by atoms with E-state index in [-0.39, 0.29) is 22.4 Å². The summed E-state index contributed by atoms with van der Waals surface area (Å²) in [6.07, 6.45) is -4.74. The maximum absolute atomic E-state index is 13.8. The van der Waals surface area contributed by atoms with Crippen molar-refractivity contribution in [2.24, 2.45) is 0 Å². The molecule has 2 unspecified atom stereocenters. The highest BCUT2D eigenvalue weighted by molar-refractivity contribution is 9.10. The van der Waals surface area contributed by atoms with Gasteiger partial charge >= 0.3 is 6.18 Å². The summed E-state index contributed by atoms with van der Waals surface area (Å²) in [6, 6.07) is 6.19. The molecule has 0 saturated heterocycles. The number of hydrogen-bond acceptors (Lipinski definition) is 4. The predicted molar refractivity (Wildman–Crippen MR) is 114 cm³/mol. The van der Waals surface area contributed by atoms with Crippen LogP contribution in [0.3, 0.4) is 0 Å². The zero-order chi connectivity index (χ0) is 21.6. The molecule has 0 radical (unpaired) electrons. The fraction of sp³-hybridized carbons (Fsp3) is 0.263. The predicted octanol–water partition coefficient (Wildman–Crippen LogP) is 6.58. The van der Waals surface area contributed by atoms with E-state index < -0.39 is 24.2 Å². The number of alkyl halides is 3. The van der Waals surface area contributed by atoms with Crippen molar-refractivity contribution in [3.63, 3.8) is 0 Å². The zero-order valence-corrected chi connectivity index (χ0v) is 18.6. The van der Waals surface area contributed by atoms with Crippen LogP contribution >= 0.6 is 38.9 Å². The number of benzene rings is 1. The molecule has 0 spiro atoms. The van der Waals surface area contributed by atoms with E-state index in [0.717, 1.165) is 9.56 Å². The number of anilines is 2. The van der Waals surface area contributed by atoms with Crippen LogP contribution in [0.25, 0.3) is 0 Å². The maximum atomic E-state index is 13.8. The van der Waals surface area contributed by atoms with Crippen LogP contribution in [0.2, 0.25) is 5.02 Å². The van der Waals surface area contributed by atoms with Gasteiger partial charge in [-0.15, -0.1) is 11.3 Å². The summed E-state index contributed by atoms with van der Waals surface area (Å²) >= 11 is 10.7. The molecule has 1 aliphatic heterocycles. The number of thiophene rings is 1. The third kappa shape index (κ3) is 3.83. The Hall–Kier alpha value is -2.04. The van der Waals surface area contributed by atoms with E-state index in [2.05, 4.69) is 31.7 Å². The van der Waals surface area contributed by atoms with Gasteiger partial charge in [0.15, 0.2) is 11.7 Å². The number of nitrogens with zero attached hydrogens (tertiary/aromatic N) is 2. The van der Waals surface area contributed by atoms with Crippen molar-refractivity contribution in [2.45, 2.75) is 31.6 Å². The average Bonchev–Trinajstić information content (AvgIpc) is 3.32. The molecular weight excluding hydrogens is 505 g/mol. The first-order valence-corrected chi connectivity index (χ1v) is 10.9. The summed E-state index contributed by atoms with van der Waals surface area (Å²) in [6.45, 7) is 1.73. The van der Waals surface area contributed by atoms with E-state index in [1.165, 1.54) is 11.3 Å². The monoisotopic (exact) mass is 518 g/mol. The number of carbonyl (C=O) groups is 1. The number of carbonyl (C=O) groups excluding carboxylic acids is 1. The van der Waals surface area contributed by atoms with Crippen LogP contribution in [0.1, 0.15) is 39.4 Å². The van der Waals surface area contributed by atoms with Crippen molar-refractivity contribution in [3.8, 4) is 0 Å². The second-order valence-electron chi connectivity index (χ2n) is 6.83. The number of nitrogens with one attached hydrogen (secondary N) is 2. The molecule has 1 amide bonds. The van der Waals surface area contributed by atoms with Gasteiger partial charge in [0, 0.05) is 22.0 Å². The summed E-state index contributed by atoms with van der Waals surface area (Å²) in [4.78, 5) is 13.6. The zero-order valence-electron chi connectivity index (χ0n) is 15.4. The van der Waals surface area contributed by atoms with Crippen molar-refractivity contribution >= 4 is 56.3 Å². The van der Waals surface area contributed by atoms with Gasteiger partial charge in [0.1, 0.15) is 5.82 Å². The molecule has 30 heavy (non-hydrogen) atoms. The second-order valence-corrected chi connectivity index (χ2v) is 9.01. The normalized spacial score (nSPS) is 18.6. The minimum absolute atomic E-state index is 0.120. The van der Waals surface area contributed by atoms with Crippen LogP contribution in [-0.4, -0.2) is 21.9 Å². The van der Waals surface area contributed by atoms with Gasteiger partial charge in [0.2, 0.25) is 0 Å². The molecule has 5 nitrogen and oxygen atoms in total. The third-order valence-electron chi connectivity index (χ3n) is 4.91. The van der Waals surface area contributed by atoms with Crippen molar-refractivity contribution in [1.29, 1.82) is 0 Å². The minimum Gasteiger partial charge on any atom is -0.362 e. The molecule has 0 aliphatic carbocycles. The van der Waals surface area contributed by atoms with Gasteiger partial charge in [0.05, 0.1) is 10.5 Å². The Labute approximate surface area is 187 Å². The van der Waals surface area contributed by atoms with Gasteiger partial charge in [-0.25, -0.2) is 4.68 Å². The molecule has 1 aliphatic rings. The van der Waals surface area contributed by atoms with Gasteiger partial charge in [-0.3, -0.25) is 4.79 Å². The van der Waals surface area contributed by atoms with Crippen LogP contribution < -0.4 is 10.6 Å². The summed E-state index contributed by atoms with van der Waals surface area (Å²) in [5.41, 5.74) is 0.969. The summed E-state index contributed by atoms with van der Waals surface area (Å²) in [5, 5.41) is 12.1. The molecule has 2 aromatic heterocycles. The average molecular weight is 520 g/mol. The fourth-order valence-corrected chi connectivity index (χ4v) is 4.86. The fourth-order valence-electron chi connectivity index (χ4n) is 3.34. The van der Waals surface area contributed by atoms with Crippen LogP contribution in [0, 0.1) is 6.92 Å². The molecule has 2 N–H and O–H groups in total. The molecular formula is C19H15BrClF3N4OS. The van der Waals surface area contributed by atoms with E-state index in [1.807, 2.05) is 5.38 Å². The number of fused-ring (bicyclic) bond motifs is 1. The van der Waals surface area contributed by atoms with E-state index in [0.29, 0.717) is 16.3 Å². The van der Waals surface area contributed by atoms with Crippen molar-refractivity contribution in [3.05, 3.63) is 61.3 Å². The quantitative estimate of drug-likeness (QED) is 0.411. The van der Waals surface area contributed by atoms with Gasteiger partial charge in [-0.1, -0.05) is 23.7 Å². The Bertz CT molecular complexity index is 1100. The number of aromatic nitrogens is 2. The lowest BCUT2D eigenvalue weighted by Crippen LogP contribution is -2.35. The van der Waals surface area contributed by atoms with Gasteiger partial charge in [-0.2, -0.15) is 18.3 Å². The smallest absolute Gasteiger partial charge is 0.362 e. The molecule has 158 valence electrons. The first-order valence-electron chi connectivity index (χ1n) is 8.88. The topological polar surface area (TPSA) is 59.0 Å². The summed E-state index contributed by atoms with van der Waals surface area (Å²) in [5.74, 6) is -0.514. The molecule has 0 fully saturated rings. The Morgan fingerprint density at radius 3 is 2.80 bits per heavy atom. The van der Waals surface area contributed by atoms with E-state index in [4.69, 9.17) is 11.6 Å². The lowest BCUT2D eigenvalue weighted by Gasteiger charge is -2.33. The van der Waals surface area contributed by atoms with Crippen LogP contribution in [-0.2, 0) is 0 Å². The second kappa shape index (κ2) is 7.90. The van der Waals surface area contributed by atoms with E-state index in [9.17, 15) is 18.0 Å². The highest BCUT2D eigenvalue weighted by atomic mass is 79.9. The highest BCUT2D eigenvalue weighted by Gasteiger charge is 2.48. The number of amides is 1. The van der Waals surface area contributed by atoms with E-state index >= 15 is 0 Å². The summed E-state index contributed by atoms with van der Waals surface area (Å²) < 4.78 is 42.4. The van der Waals surface area contributed by atoms with Crippen LogP contribution in [0.15, 0.2) is 40.2 Å². The molecule has 0 bridgehead atoms. The van der Waals surface area contributed by atoms with Crippen LogP contribution in [0.4, 0.5) is 24.7 Å². The van der Waals surface area contributed by atoms with Gasteiger partial charge < -0.3 is 10.6 Å². The molecule has 0 saturated carbocycles. The SMILES string of the molecule is Cc1c(Cl)cccc1NC(=O)c1nn2c(c1Br)NC(c1cccs1)CC2C(F)(F)F. The highest BCUT2D eigenvalue weighted by Crippen LogP contribution is 2.47. The van der Waals surface area contributed by atoms with Gasteiger partial charge in [0.25, 0.3) is 5.91 Å². The number of hydrogen-bond donors (Lipinski definition) is 2. The Morgan fingerprint density at radius 1 is 1.37 bits per heavy atom. The standard InChI is InChI=1S/C19H15BrClF3N4OS/c1-9-10(21)4-2-5-11(9)26-18(29)16-15(20)17-25-12(13-6-3-7-30-13)8-14(19(22,23)24)28(17)27-16/h2-7,12,14,25H,8H2,1H3,(H,26,29). The van der Waals surface area contributed by atoms with Crippen molar-refractivity contribution in [2.75, 3.05) is 10.6 Å². The van der Waals surface area contributed by atoms with E-state index in [1.54, 1.807) is 37.3 Å². The maximum Gasteiger partial charge on any atom is 0.410 e. The molecule has 3 aromatic rings. The molecule has 11 heteroatoms. The molecule has 4 rings (SSSR count).